The number of hydrogen-bond acceptors (Lipinski definition) is 15. The molecule has 1 saturated heterocycles. The van der Waals surface area contributed by atoms with Gasteiger partial charge in [0, 0.05) is 23.5 Å². The van der Waals surface area contributed by atoms with E-state index in [1.807, 2.05) is 0 Å². The van der Waals surface area contributed by atoms with Gasteiger partial charge in [-0.25, -0.2) is 9.78 Å². The molecule has 10 N–H and O–H groups in total. The van der Waals surface area contributed by atoms with Crippen molar-refractivity contribution in [2.24, 2.45) is 10.9 Å². The van der Waals surface area contributed by atoms with E-state index >= 15 is 0 Å². The third-order valence-electron chi connectivity index (χ3n) is 8.74. The Morgan fingerprint density at radius 1 is 1.31 bits per heavy atom. The van der Waals surface area contributed by atoms with Crippen LogP contribution < -0.4 is 26.8 Å². The number of nitrogens with one attached hydrogen (secondary N) is 3. The minimum absolute atomic E-state index is 0.0453. The molecule has 1 saturated carbocycles. The molecule has 19 nitrogen and oxygen atoms in total. The SMILES string of the molecule is CC(ON=C(C(=O)NC1C(=O)N(OS(=O)(=O)O)C1(C)C)c1csc(N)n1)(C(=O)O)C1CCc2cc(C(=N)NC3CC(O)(CN)C3)ccc2O1. The number of ether oxygens (including phenoxy) is 1. The number of carboxylic acids is 1. The van der Waals surface area contributed by atoms with Crippen molar-refractivity contribution in [3.63, 3.8) is 0 Å². The minimum atomic E-state index is -5.04. The number of rotatable bonds is 12. The number of aliphatic hydroxyl groups is 1. The third-order valence-corrected chi connectivity index (χ3v) is 9.75. The largest absolute Gasteiger partial charge is 0.485 e. The summed E-state index contributed by atoms with van der Waals surface area (Å²) in [4.78, 5) is 48.2. The molecular weight excluding hydrogens is 688 g/mol. The van der Waals surface area contributed by atoms with Crippen LogP contribution in [0.5, 0.6) is 5.75 Å². The number of hydrogen-bond donors (Lipinski definition) is 8. The quantitative estimate of drug-likeness (QED) is 0.0441. The Morgan fingerprint density at radius 2 is 2.00 bits per heavy atom. The molecule has 2 aromatic rings. The molecule has 5 rings (SSSR count). The second-order valence-electron chi connectivity index (χ2n) is 12.7. The smallest absolute Gasteiger partial charge is 0.418 e. The molecule has 2 fully saturated rings. The number of thiazole rings is 1. The molecule has 1 aromatic carbocycles. The number of nitrogens with two attached hydrogens (primary N) is 2. The predicted molar refractivity (Wildman–Crippen MR) is 172 cm³/mol. The number of amides is 2. The van der Waals surface area contributed by atoms with Crippen molar-refractivity contribution in [2.45, 2.75) is 81.4 Å². The van der Waals surface area contributed by atoms with Gasteiger partial charge in [-0.1, -0.05) is 5.16 Å². The van der Waals surface area contributed by atoms with Crippen LogP contribution in [0.2, 0.25) is 0 Å². The lowest BCUT2D eigenvalue weighted by Crippen LogP contribution is -2.76. The molecule has 0 radical (unpaired) electrons. The number of hydroxylamine groups is 2. The van der Waals surface area contributed by atoms with Gasteiger partial charge in [0.15, 0.2) is 16.9 Å². The number of oxime groups is 1. The fourth-order valence-corrected chi connectivity index (χ4v) is 6.74. The molecule has 2 amide bonds. The molecule has 266 valence electrons. The van der Waals surface area contributed by atoms with Gasteiger partial charge in [-0.2, -0.15) is 13.5 Å². The van der Waals surface area contributed by atoms with Crippen LogP contribution in [0.3, 0.4) is 0 Å². The number of carbonyl (C=O) groups excluding carboxylic acids is 2. The molecular formula is C28H36N8O11S2. The molecule has 3 heterocycles. The number of aliphatic carboxylic acids is 1. The number of fused-ring (bicyclic) bond motifs is 1. The van der Waals surface area contributed by atoms with Crippen molar-refractivity contribution in [2.75, 3.05) is 12.3 Å². The number of carboxylic acid groups (broad SMARTS) is 1. The first-order valence-electron chi connectivity index (χ1n) is 14.9. The number of anilines is 1. The number of aromatic nitrogens is 1. The van der Waals surface area contributed by atoms with Crippen molar-refractivity contribution >= 4 is 56.2 Å². The molecule has 0 bridgehead atoms. The molecule has 21 heteroatoms. The highest BCUT2D eigenvalue weighted by Crippen LogP contribution is 2.36. The Labute approximate surface area is 284 Å². The number of nitrogen functional groups attached to an aromatic ring is 1. The Morgan fingerprint density at radius 3 is 2.57 bits per heavy atom. The molecule has 49 heavy (non-hydrogen) atoms. The van der Waals surface area contributed by atoms with Gasteiger partial charge < -0.3 is 41.9 Å². The predicted octanol–water partition coefficient (Wildman–Crippen LogP) is -0.710. The van der Waals surface area contributed by atoms with Crippen LogP contribution in [0, 0.1) is 5.41 Å². The maximum Gasteiger partial charge on any atom is 0.418 e. The summed E-state index contributed by atoms with van der Waals surface area (Å²) in [6.45, 7) is 4.08. The first-order valence-corrected chi connectivity index (χ1v) is 17.1. The van der Waals surface area contributed by atoms with Crippen molar-refractivity contribution < 1.29 is 51.4 Å². The molecule has 3 aliphatic rings. The van der Waals surface area contributed by atoms with Crippen LogP contribution in [0.1, 0.15) is 56.9 Å². The summed E-state index contributed by atoms with van der Waals surface area (Å²) in [5.41, 5.74) is 7.47. The lowest BCUT2D eigenvalue weighted by molar-refractivity contribution is -0.218. The Hall–Kier alpha value is -4.41. The highest BCUT2D eigenvalue weighted by Gasteiger charge is 2.58. The van der Waals surface area contributed by atoms with Crippen LogP contribution in [-0.2, 0) is 40.3 Å². The summed E-state index contributed by atoms with van der Waals surface area (Å²) in [5, 5.41) is 40.0. The summed E-state index contributed by atoms with van der Waals surface area (Å²) in [5.74, 6) is -2.99. The monoisotopic (exact) mass is 724 g/mol. The number of benzene rings is 1. The van der Waals surface area contributed by atoms with Crippen LogP contribution >= 0.6 is 11.3 Å². The second kappa shape index (κ2) is 12.8. The summed E-state index contributed by atoms with van der Waals surface area (Å²) in [7, 11) is -5.04. The fraction of sp³-hybridized carbons (Fsp3) is 0.500. The average molecular weight is 725 g/mol. The summed E-state index contributed by atoms with van der Waals surface area (Å²) in [6.07, 6.45) is 0.263. The molecule has 1 aromatic heterocycles. The van der Waals surface area contributed by atoms with Crippen molar-refractivity contribution in [1.29, 1.82) is 5.41 Å². The number of β-lactam (4-membered cyclic amide) rings is 1. The zero-order valence-electron chi connectivity index (χ0n) is 26.5. The number of carbonyl (C=O) groups is 3. The number of nitrogens with zero attached hydrogens (tertiary/aromatic N) is 3. The van der Waals surface area contributed by atoms with E-state index < -0.39 is 62.8 Å². The highest BCUT2D eigenvalue weighted by atomic mass is 32.3. The molecule has 0 spiro atoms. The van der Waals surface area contributed by atoms with E-state index in [1.165, 1.54) is 26.2 Å². The van der Waals surface area contributed by atoms with Gasteiger partial charge in [-0.05, 0) is 70.2 Å². The van der Waals surface area contributed by atoms with Gasteiger partial charge in [-0.15, -0.1) is 15.6 Å². The van der Waals surface area contributed by atoms with E-state index in [2.05, 4.69) is 25.1 Å². The van der Waals surface area contributed by atoms with Gasteiger partial charge in [-0.3, -0.25) is 19.6 Å². The van der Waals surface area contributed by atoms with Crippen LogP contribution in [0.4, 0.5) is 5.13 Å². The van der Waals surface area contributed by atoms with E-state index in [4.69, 9.17) is 31.0 Å². The zero-order chi connectivity index (χ0) is 36.1. The van der Waals surface area contributed by atoms with Crippen molar-refractivity contribution in [1.82, 2.24) is 20.7 Å². The van der Waals surface area contributed by atoms with E-state index in [0.717, 1.165) is 16.9 Å². The van der Waals surface area contributed by atoms with E-state index in [1.54, 1.807) is 18.2 Å². The first kappa shape index (κ1) is 35.9. The maximum absolute atomic E-state index is 13.4. The first-order chi connectivity index (χ1) is 22.8. The van der Waals surface area contributed by atoms with E-state index in [9.17, 15) is 33.0 Å². The van der Waals surface area contributed by atoms with Crippen LogP contribution in [0.25, 0.3) is 0 Å². The molecule has 2 aliphatic heterocycles. The molecule has 3 atom stereocenters. The summed E-state index contributed by atoms with van der Waals surface area (Å²) >= 11 is 0.951. The Bertz CT molecular complexity index is 1830. The normalized spacial score (nSPS) is 25.8. The third kappa shape index (κ3) is 7.16. The topological polar surface area (TPSA) is 302 Å². The molecule has 1 aliphatic carbocycles. The van der Waals surface area contributed by atoms with Crippen LogP contribution in [0.15, 0.2) is 28.7 Å². The van der Waals surface area contributed by atoms with Gasteiger partial charge in [0.2, 0.25) is 0 Å². The number of aryl methyl sites for hydroxylation is 1. The lowest BCUT2D eigenvalue weighted by atomic mass is 9.75. The zero-order valence-corrected chi connectivity index (χ0v) is 28.1. The van der Waals surface area contributed by atoms with Gasteiger partial charge in [0.25, 0.3) is 17.4 Å². The van der Waals surface area contributed by atoms with Gasteiger partial charge >= 0.3 is 16.4 Å². The second-order valence-corrected chi connectivity index (χ2v) is 14.6. The Kier molecular flexibility index (Phi) is 9.38. The summed E-state index contributed by atoms with van der Waals surface area (Å²) < 4.78 is 41.7. The fourth-order valence-electron chi connectivity index (χ4n) is 5.74. The van der Waals surface area contributed by atoms with Gasteiger partial charge in [0.05, 0.1) is 11.1 Å². The minimum Gasteiger partial charge on any atom is -0.485 e. The summed E-state index contributed by atoms with van der Waals surface area (Å²) in [6, 6.07) is 3.57. The van der Waals surface area contributed by atoms with E-state index in [0.29, 0.717) is 35.6 Å². The average Bonchev–Trinajstić information content (AvgIpc) is 3.45. The number of amidine groups is 1. The standard InChI is InChI=1S/C28H36N8O11S2/c1-26(2)20(23(38)36(26)47-49(42,43)44)34-22(37)19(16-11-48-25(31)33-16)35-46-27(3,24(39)40)18-7-5-13-8-14(4-6-17(13)45-18)21(30)32-15-9-28(41,10-15)12-29/h4,6,8,11,15,18,20,41H,5,7,9-10,12,29H2,1-3H3,(H2,30,32)(H2,31,33)(H,34,37)(H,39,40)(H,42,43,44). The maximum atomic E-state index is 13.4. The van der Waals surface area contributed by atoms with Crippen molar-refractivity contribution in [3.8, 4) is 5.75 Å². The van der Waals surface area contributed by atoms with Crippen LogP contribution in [-0.4, -0.2) is 104 Å². The van der Waals surface area contributed by atoms with Crippen molar-refractivity contribution in [3.05, 3.63) is 40.4 Å². The van der Waals surface area contributed by atoms with E-state index in [-0.39, 0.29) is 35.7 Å². The lowest BCUT2D eigenvalue weighted by Gasteiger charge is -2.50. The highest BCUT2D eigenvalue weighted by molar-refractivity contribution is 7.80. The molecule has 3 unspecified atom stereocenters. The Balaban J connectivity index is 1.32. The van der Waals surface area contributed by atoms with Gasteiger partial charge in [0.1, 0.15) is 23.3 Å².